The number of hydrogen-bond acceptors (Lipinski definition) is 1. The number of aryl methyl sites for hydroxylation is 1. The molecule has 1 aromatic heterocycles. The van der Waals surface area contributed by atoms with Gasteiger partial charge in [-0.15, -0.1) is 0 Å². The second-order valence-corrected chi connectivity index (χ2v) is 4.90. The number of aromatic nitrogens is 1. The predicted molar refractivity (Wildman–Crippen MR) is 64.7 cm³/mol. The van der Waals surface area contributed by atoms with E-state index in [1.807, 2.05) is 25.1 Å². The summed E-state index contributed by atoms with van der Waals surface area (Å²) in [5, 5.41) is 1.63. The van der Waals surface area contributed by atoms with Crippen LogP contribution in [0.15, 0.2) is 31.9 Å². The number of pyridine rings is 1. The minimum atomic E-state index is -0.0537. The summed E-state index contributed by atoms with van der Waals surface area (Å²) in [5.41, 5.74) is 0.813. The lowest BCUT2D eigenvalue weighted by molar-refractivity contribution is 1.17. The number of nitrogens with one attached hydrogen (secondary N) is 1. The summed E-state index contributed by atoms with van der Waals surface area (Å²) in [5.74, 6) is 0. The van der Waals surface area contributed by atoms with Gasteiger partial charge >= 0.3 is 0 Å². The summed E-state index contributed by atoms with van der Waals surface area (Å²) in [4.78, 5) is 14.4. The largest absolute Gasteiger partial charge is 0.326 e. The molecule has 2 rings (SSSR count). The standard InChI is InChI=1S/C10H7Br2NO/c1-5-2-7-8(10(14)13-5)3-6(11)4-9(7)12/h2-4H,1H3,(H,13,14). The van der Waals surface area contributed by atoms with Crippen LogP contribution in [0.2, 0.25) is 0 Å². The molecule has 0 spiro atoms. The maximum Gasteiger partial charge on any atom is 0.256 e. The van der Waals surface area contributed by atoms with Crippen LogP contribution in [0, 0.1) is 6.92 Å². The van der Waals surface area contributed by atoms with Crippen LogP contribution in [0.3, 0.4) is 0 Å². The van der Waals surface area contributed by atoms with Gasteiger partial charge < -0.3 is 4.98 Å². The summed E-state index contributed by atoms with van der Waals surface area (Å²) in [6.45, 7) is 1.87. The van der Waals surface area contributed by atoms with Gasteiger partial charge in [0.15, 0.2) is 0 Å². The predicted octanol–water partition coefficient (Wildman–Crippen LogP) is 3.36. The van der Waals surface area contributed by atoms with Crippen molar-refractivity contribution in [2.45, 2.75) is 6.92 Å². The third kappa shape index (κ3) is 1.64. The number of rotatable bonds is 0. The number of fused-ring (bicyclic) bond motifs is 1. The van der Waals surface area contributed by atoms with Crippen LogP contribution in [0.4, 0.5) is 0 Å². The first kappa shape index (κ1) is 9.93. The molecule has 0 aliphatic rings. The zero-order valence-electron chi connectivity index (χ0n) is 7.40. The summed E-state index contributed by atoms with van der Waals surface area (Å²) >= 11 is 6.79. The average molecular weight is 317 g/mol. The topological polar surface area (TPSA) is 32.9 Å². The fourth-order valence-electron chi connectivity index (χ4n) is 1.42. The van der Waals surface area contributed by atoms with E-state index in [9.17, 15) is 4.79 Å². The zero-order valence-corrected chi connectivity index (χ0v) is 10.6. The first-order chi connectivity index (χ1) is 6.58. The van der Waals surface area contributed by atoms with Crippen molar-refractivity contribution in [2.75, 3.05) is 0 Å². The van der Waals surface area contributed by atoms with Gasteiger partial charge in [-0.1, -0.05) is 31.9 Å². The number of benzene rings is 1. The molecule has 72 valence electrons. The number of H-pyrrole nitrogens is 1. The van der Waals surface area contributed by atoms with Crippen LogP contribution in [0.1, 0.15) is 5.69 Å². The van der Waals surface area contributed by atoms with E-state index in [0.29, 0.717) is 5.39 Å². The lowest BCUT2D eigenvalue weighted by Crippen LogP contribution is -2.07. The van der Waals surface area contributed by atoms with E-state index in [1.165, 1.54) is 0 Å². The van der Waals surface area contributed by atoms with Gasteiger partial charge in [0, 0.05) is 25.4 Å². The number of aromatic amines is 1. The average Bonchev–Trinajstić information content (AvgIpc) is 2.07. The van der Waals surface area contributed by atoms with E-state index in [4.69, 9.17) is 0 Å². The fourth-order valence-corrected chi connectivity index (χ4v) is 2.76. The van der Waals surface area contributed by atoms with Crippen LogP contribution in [-0.2, 0) is 0 Å². The zero-order chi connectivity index (χ0) is 10.3. The Hall–Kier alpha value is -0.610. The minimum absolute atomic E-state index is 0.0537. The Morgan fingerprint density at radius 2 is 1.86 bits per heavy atom. The minimum Gasteiger partial charge on any atom is -0.326 e. The molecule has 14 heavy (non-hydrogen) atoms. The number of halogens is 2. The third-order valence-electron chi connectivity index (χ3n) is 2.01. The van der Waals surface area contributed by atoms with Crippen LogP contribution in [-0.4, -0.2) is 4.98 Å². The Labute approximate surface area is 97.6 Å². The van der Waals surface area contributed by atoms with Crippen molar-refractivity contribution in [3.63, 3.8) is 0 Å². The molecule has 0 saturated heterocycles. The van der Waals surface area contributed by atoms with Gasteiger partial charge in [0.25, 0.3) is 5.56 Å². The second kappa shape index (κ2) is 3.51. The third-order valence-corrected chi connectivity index (χ3v) is 3.12. The maximum absolute atomic E-state index is 11.6. The highest BCUT2D eigenvalue weighted by Crippen LogP contribution is 2.26. The monoisotopic (exact) mass is 315 g/mol. The molecular formula is C10H7Br2NO. The molecular weight excluding hydrogens is 310 g/mol. The first-order valence-electron chi connectivity index (χ1n) is 4.06. The van der Waals surface area contributed by atoms with Gasteiger partial charge in [-0.05, 0) is 25.1 Å². The normalized spacial score (nSPS) is 10.8. The lowest BCUT2D eigenvalue weighted by Gasteiger charge is -2.02. The van der Waals surface area contributed by atoms with Crippen LogP contribution in [0.5, 0.6) is 0 Å². The smallest absolute Gasteiger partial charge is 0.256 e. The SMILES string of the molecule is Cc1cc2c(Br)cc(Br)cc2c(=O)[nH]1. The molecule has 0 radical (unpaired) electrons. The molecule has 0 bridgehead atoms. The van der Waals surface area contributed by atoms with Crippen molar-refractivity contribution in [1.82, 2.24) is 4.98 Å². The Bertz CT molecular complexity index is 560. The van der Waals surface area contributed by atoms with E-state index < -0.39 is 0 Å². The Balaban J connectivity index is 3.02. The highest BCUT2D eigenvalue weighted by Gasteiger charge is 2.04. The lowest BCUT2D eigenvalue weighted by atomic mass is 10.1. The van der Waals surface area contributed by atoms with Crippen LogP contribution in [0.25, 0.3) is 10.8 Å². The molecule has 2 nitrogen and oxygen atoms in total. The van der Waals surface area contributed by atoms with E-state index in [2.05, 4.69) is 36.8 Å². The molecule has 2 aromatic rings. The van der Waals surface area contributed by atoms with E-state index >= 15 is 0 Å². The molecule has 0 unspecified atom stereocenters. The molecule has 0 amide bonds. The van der Waals surface area contributed by atoms with Crippen molar-refractivity contribution in [1.29, 1.82) is 0 Å². The molecule has 1 N–H and O–H groups in total. The summed E-state index contributed by atoms with van der Waals surface area (Å²) in [6.07, 6.45) is 0. The van der Waals surface area contributed by atoms with Gasteiger partial charge in [0.05, 0.1) is 0 Å². The first-order valence-corrected chi connectivity index (χ1v) is 5.65. The van der Waals surface area contributed by atoms with Gasteiger partial charge in [0.2, 0.25) is 0 Å². The fraction of sp³-hybridized carbons (Fsp3) is 0.100. The Morgan fingerprint density at radius 3 is 2.57 bits per heavy atom. The van der Waals surface area contributed by atoms with Crippen LogP contribution >= 0.6 is 31.9 Å². The molecule has 1 aromatic carbocycles. The van der Waals surface area contributed by atoms with Crippen molar-refractivity contribution in [3.8, 4) is 0 Å². The van der Waals surface area contributed by atoms with Gasteiger partial charge in [-0.3, -0.25) is 4.79 Å². The van der Waals surface area contributed by atoms with Gasteiger partial charge in [-0.25, -0.2) is 0 Å². The summed E-state index contributed by atoms with van der Waals surface area (Å²) < 4.78 is 1.82. The van der Waals surface area contributed by atoms with Crippen molar-refractivity contribution in [3.05, 3.63) is 43.2 Å². The molecule has 0 fully saturated rings. The molecule has 4 heteroatoms. The van der Waals surface area contributed by atoms with Crippen LogP contribution < -0.4 is 5.56 Å². The highest BCUT2D eigenvalue weighted by atomic mass is 79.9. The molecule has 0 aliphatic heterocycles. The van der Waals surface area contributed by atoms with Gasteiger partial charge in [0.1, 0.15) is 0 Å². The van der Waals surface area contributed by atoms with Crippen molar-refractivity contribution in [2.24, 2.45) is 0 Å². The van der Waals surface area contributed by atoms with Crippen molar-refractivity contribution >= 4 is 42.6 Å². The highest BCUT2D eigenvalue weighted by molar-refractivity contribution is 9.11. The Morgan fingerprint density at radius 1 is 1.14 bits per heavy atom. The Kier molecular flexibility index (Phi) is 2.49. The van der Waals surface area contributed by atoms with Gasteiger partial charge in [-0.2, -0.15) is 0 Å². The maximum atomic E-state index is 11.6. The number of hydrogen-bond donors (Lipinski definition) is 1. The van der Waals surface area contributed by atoms with E-state index in [0.717, 1.165) is 20.0 Å². The second-order valence-electron chi connectivity index (χ2n) is 3.13. The van der Waals surface area contributed by atoms with E-state index in [-0.39, 0.29) is 5.56 Å². The quantitative estimate of drug-likeness (QED) is 0.794. The molecule has 0 aliphatic carbocycles. The molecule has 0 saturated carbocycles. The summed E-state index contributed by atoms with van der Waals surface area (Å²) in [6, 6.07) is 5.70. The van der Waals surface area contributed by atoms with Crippen molar-refractivity contribution < 1.29 is 0 Å². The molecule has 1 heterocycles. The summed E-state index contributed by atoms with van der Waals surface area (Å²) in [7, 11) is 0. The van der Waals surface area contributed by atoms with E-state index in [1.54, 1.807) is 0 Å². The molecule has 0 atom stereocenters.